The molecule has 1 fully saturated rings. The molecule has 1 aliphatic heterocycles. The van der Waals surface area contributed by atoms with Crippen molar-refractivity contribution in [2.75, 3.05) is 52.0 Å². The lowest BCUT2D eigenvalue weighted by molar-refractivity contribution is 0.136. The van der Waals surface area contributed by atoms with Crippen molar-refractivity contribution in [1.82, 2.24) is 4.90 Å². The quantitative estimate of drug-likeness (QED) is 0.442. The first-order chi connectivity index (χ1) is 15.2. The normalized spacial score (nSPS) is 14.0. The minimum absolute atomic E-state index is 0.706. The summed E-state index contributed by atoms with van der Waals surface area (Å²) in [5.41, 5.74) is 3.76. The molecule has 0 aromatic heterocycles. The Morgan fingerprint density at radius 2 is 1.55 bits per heavy atom. The Morgan fingerprint density at radius 1 is 0.935 bits per heavy atom. The average molecular weight is 425 g/mol. The molecule has 1 saturated heterocycles. The first-order valence-corrected chi connectivity index (χ1v) is 11.2. The van der Waals surface area contributed by atoms with Gasteiger partial charge in [0, 0.05) is 44.2 Å². The molecule has 0 radical (unpaired) electrons. The summed E-state index contributed by atoms with van der Waals surface area (Å²) in [7, 11) is 3.39. The molecule has 0 atom stereocenters. The molecule has 168 valence electrons. The van der Waals surface area contributed by atoms with Crippen molar-refractivity contribution in [1.29, 1.82) is 0 Å². The number of likely N-dealkylation sites (tertiary alicyclic amines) is 1. The van der Waals surface area contributed by atoms with Gasteiger partial charge < -0.3 is 24.0 Å². The van der Waals surface area contributed by atoms with E-state index in [1.54, 1.807) is 14.2 Å². The molecule has 0 N–H and O–H groups in total. The lowest BCUT2D eigenvalue weighted by Crippen LogP contribution is -2.25. The highest BCUT2D eigenvalue weighted by Crippen LogP contribution is 2.22. The second-order valence-electron chi connectivity index (χ2n) is 7.85. The Kier molecular flexibility index (Phi) is 9.10. The topological polar surface area (TPSA) is 34.2 Å². The number of ether oxygens (including phenoxy) is 3. The molecule has 0 spiro atoms. The van der Waals surface area contributed by atoms with Gasteiger partial charge in [-0.1, -0.05) is 18.2 Å². The molecular formula is C26H36N2O3. The fourth-order valence-electron chi connectivity index (χ4n) is 3.94. The molecule has 5 heteroatoms. The maximum absolute atomic E-state index is 6.03. The summed E-state index contributed by atoms with van der Waals surface area (Å²) in [5, 5.41) is 0. The molecule has 1 heterocycles. The van der Waals surface area contributed by atoms with Gasteiger partial charge in [0.15, 0.2) is 0 Å². The Labute approximate surface area is 187 Å². The number of methoxy groups -OCH3 is 2. The van der Waals surface area contributed by atoms with Gasteiger partial charge in [-0.25, -0.2) is 0 Å². The van der Waals surface area contributed by atoms with E-state index in [4.69, 9.17) is 14.2 Å². The van der Waals surface area contributed by atoms with Crippen LogP contribution in [0.1, 0.15) is 31.7 Å². The molecule has 2 aromatic rings. The number of rotatable bonds is 12. The Hall–Kier alpha value is -2.66. The molecule has 3 rings (SSSR count). The lowest BCUT2D eigenvalue weighted by atomic mass is 10.1. The fraction of sp³-hybridized carbons (Fsp3) is 0.462. The van der Waals surface area contributed by atoms with Crippen molar-refractivity contribution in [3.63, 3.8) is 0 Å². The van der Waals surface area contributed by atoms with Crippen LogP contribution < -0.4 is 14.4 Å². The van der Waals surface area contributed by atoms with Crippen molar-refractivity contribution in [3.05, 3.63) is 65.9 Å². The molecule has 0 saturated carbocycles. The van der Waals surface area contributed by atoms with Crippen LogP contribution in [-0.2, 0) is 11.3 Å². The smallest absolute Gasteiger partial charge is 0.119 e. The fourth-order valence-corrected chi connectivity index (χ4v) is 3.94. The molecular weight excluding hydrogens is 388 g/mol. The van der Waals surface area contributed by atoms with E-state index in [1.165, 1.54) is 29.8 Å². The van der Waals surface area contributed by atoms with E-state index in [-0.39, 0.29) is 0 Å². The third kappa shape index (κ3) is 6.93. The summed E-state index contributed by atoms with van der Waals surface area (Å²) in [5.74, 6) is 1.75. The van der Waals surface area contributed by atoms with E-state index < -0.39 is 0 Å². The van der Waals surface area contributed by atoms with Gasteiger partial charge in [0.2, 0.25) is 0 Å². The van der Waals surface area contributed by atoms with Gasteiger partial charge in [-0.2, -0.15) is 0 Å². The number of hydrogen-bond acceptors (Lipinski definition) is 5. The van der Waals surface area contributed by atoms with E-state index in [0.29, 0.717) is 6.61 Å². The molecule has 31 heavy (non-hydrogen) atoms. The largest absolute Gasteiger partial charge is 0.497 e. The van der Waals surface area contributed by atoms with Gasteiger partial charge in [0.1, 0.15) is 11.5 Å². The Balaban J connectivity index is 1.55. The van der Waals surface area contributed by atoms with Crippen LogP contribution in [0.15, 0.2) is 60.3 Å². The summed E-state index contributed by atoms with van der Waals surface area (Å²) >= 11 is 0. The number of benzene rings is 2. The van der Waals surface area contributed by atoms with Crippen LogP contribution in [0.25, 0.3) is 0 Å². The number of anilines is 1. The minimum Gasteiger partial charge on any atom is -0.497 e. The minimum atomic E-state index is 0.706. The van der Waals surface area contributed by atoms with E-state index in [9.17, 15) is 0 Å². The van der Waals surface area contributed by atoms with Crippen LogP contribution in [0.4, 0.5) is 5.69 Å². The van der Waals surface area contributed by atoms with Gasteiger partial charge >= 0.3 is 0 Å². The second-order valence-corrected chi connectivity index (χ2v) is 7.85. The monoisotopic (exact) mass is 424 g/mol. The van der Waals surface area contributed by atoms with Gasteiger partial charge in [-0.05, 0) is 68.1 Å². The van der Waals surface area contributed by atoms with Crippen LogP contribution in [0.2, 0.25) is 0 Å². The predicted octanol–water partition coefficient (Wildman–Crippen LogP) is 5.12. The molecule has 5 nitrogen and oxygen atoms in total. The summed E-state index contributed by atoms with van der Waals surface area (Å²) in [4.78, 5) is 4.84. The molecule has 0 bridgehead atoms. The summed E-state index contributed by atoms with van der Waals surface area (Å²) < 4.78 is 16.6. The number of hydrogen-bond donors (Lipinski definition) is 0. The van der Waals surface area contributed by atoms with Crippen molar-refractivity contribution in [2.45, 2.75) is 32.7 Å². The van der Waals surface area contributed by atoms with Crippen LogP contribution in [0.3, 0.4) is 0 Å². The highest BCUT2D eigenvalue weighted by atomic mass is 16.5. The third-order valence-electron chi connectivity index (χ3n) is 5.78. The van der Waals surface area contributed by atoms with Gasteiger partial charge in [-0.3, -0.25) is 0 Å². The standard InChI is InChI=1S/C26H36N2O3/c1-4-23(27-16-5-6-17-27)21-31-19-7-18-28(24-10-14-26(30-3)15-11-24)20-22-8-12-25(29-2)13-9-22/h4,8-15H,5-7,16-21H2,1-3H3. The van der Waals surface area contributed by atoms with Crippen molar-refractivity contribution < 1.29 is 14.2 Å². The average Bonchev–Trinajstić information content (AvgIpc) is 3.36. The van der Waals surface area contributed by atoms with Crippen LogP contribution in [-0.4, -0.2) is 52.0 Å². The first-order valence-electron chi connectivity index (χ1n) is 11.2. The third-order valence-corrected chi connectivity index (χ3v) is 5.78. The zero-order chi connectivity index (χ0) is 21.9. The van der Waals surface area contributed by atoms with E-state index in [2.05, 4.69) is 47.1 Å². The molecule has 0 unspecified atom stereocenters. The number of allylic oxidation sites excluding steroid dienone is 1. The second kappa shape index (κ2) is 12.3. The van der Waals surface area contributed by atoms with Crippen molar-refractivity contribution >= 4 is 5.69 Å². The highest BCUT2D eigenvalue weighted by molar-refractivity contribution is 5.49. The Morgan fingerprint density at radius 3 is 2.13 bits per heavy atom. The zero-order valence-corrected chi connectivity index (χ0v) is 19.2. The van der Waals surface area contributed by atoms with E-state index in [1.807, 2.05) is 24.3 Å². The van der Waals surface area contributed by atoms with Crippen LogP contribution in [0.5, 0.6) is 11.5 Å². The predicted molar refractivity (Wildman–Crippen MR) is 127 cm³/mol. The number of nitrogens with zero attached hydrogens (tertiary/aromatic N) is 2. The molecule has 0 aliphatic carbocycles. The van der Waals surface area contributed by atoms with Gasteiger partial charge in [0.05, 0.1) is 20.8 Å². The van der Waals surface area contributed by atoms with Gasteiger partial charge in [-0.15, -0.1) is 0 Å². The maximum Gasteiger partial charge on any atom is 0.119 e. The molecule has 2 aromatic carbocycles. The van der Waals surface area contributed by atoms with Crippen molar-refractivity contribution in [3.8, 4) is 11.5 Å². The highest BCUT2D eigenvalue weighted by Gasteiger charge is 2.14. The van der Waals surface area contributed by atoms with Crippen LogP contribution in [0, 0.1) is 0 Å². The maximum atomic E-state index is 6.03. The first kappa shape index (κ1) is 23.0. The summed E-state index contributed by atoms with van der Waals surface area (Å²) in [6.45, 7) is 7.65. The summed E-state index contributed by atoms with van der Waals surface area (Å²) in [6, 6.07) is 16.6. The van der Waals surface area contributed by atoms with Gasteiger partial charge in [0.25, 0.3) is 0 Å². The van der Waals surface area contributed by atoms with E-state index in [0.717, 1.165) is 50.7 Å². The lowest BCUT2D eigenvalue weighted by Gasteiger charge is -2.26. The SMILES string of the molecule is CC=C(COCCCN(Cc1ccc(OC)cc1)c1ccc(OC)cc1)N1CCCC1. The summed E-state index contributed by atoms with van der Waals surface area (Å²) in [6.07, 6.45) is 5.75. The van der Waals surface area contributed by atoms with Crippen molar-refractivity contribution in [2.24, 2.45) is 0 Å². The zero-order valence-electron chi connectivity index (χ0n) is 19.2. The molecule has 0 amide bonds. The van der Waals surface area contributed by atoms with E-state index >= 15 is 0 Å². The van der Waals surface area contributed by atoms with Crippen LogP contribution >= 0.6 is 0 Å². The Bertz CT molecular complexity index is 796. The molecule has 1 aliphatic rings.